The summed E-state index contributed by atoms with van der Waals surface area (Å²) in [4.78, 5) is 23.2. The molecule has 0 bridgehead atoms. The molecule has 0 aliphatic heterocycles. The number of hydrogen-bond donors (Lipinski definition) is 0. The zero-order chi connectivity index (χ0) is 27.3. The first-order chi connectivity index (χ1) is 19.7. The van der Waals surface area contributed by atoms with Gasteiger partial charge in [-0.25, -0.2) is 9.59 Å². The standard InChI is InChI=1S/C32H30O8/c33-29-11-9-21-27(39-29)19-25-23(13-17-35-25)31(21)37-15-7-5-3-1-2-4-6-8-16-38-32-22-10-12-30(34)40-28(22)20-26-24(32)14-18-36-26/h9-14,17-20H,1-8,15-16H2. The van der Waals surface area contributed by atoms with Crippen LogP contribution in [0.5, 0.6) is 11.5 Å². The lowest BCUT2D eigenvalue weighted by Crippen LogP contribution is -2.01. The Hall–Kier alpha value is -4.46. The topological polar surface area (TPSA) is 105 Å². The van der Waals surface area contributed by atoms with Gasteiger partial charge >= 0.3 is 11.3 Å². The van der Waals surface area contributed by atoms with Gasteiger partial charge in [0.1, 0.15) is 33.8 Å². The lowest BCUT2D eigenvalue weighted by Gasteiger charge is -2.10. The monoisotopic (exact) mass is 542 g/mol. The molecule has 40 heavy (non-hydrogen) atoms. The largest absolute Gasteiger partial charge is 0.492 e. The number of furan rings is 2. The lowest BCUT2D eigenvalue weighted by atomic mass is 10.1. The van der Waals surface area contributed by atoms with E-state index in [9.17, 15) is 9.59 Å². The van der Waals surface area contributed by atoms with Gasteiger partial charge < -0.3 is 27.1 Å². The van der Waals surface area contributed by atoms with E-state index in [1.807, 2.05) is 12.1 Å². The molecule has 6 aromatic rings. The molecule has 0 unspecified atom stereocenters. The fourth-order valence-electron chi connectivity index (χ4n) is 5.14. The molecule has 4 heterocycles. The molecule has 8 nitrogen and oxygen atoms in total. The van der Waals surface area contributed by atoms with Crippen LogP contribution >= 0.6 is 0 Å². The third-order valence-electron chi connectivity index (χ3n) is 7.15. The molecule has 0 fully saturated rings. The average Bonchev–Trinajstić information content (AvgIpc) is 3.61. The number of fused-ring (bicyclic) bond motifs is 4. The Kier molecular flexibility index (Phi) is 7.57. The summed E-state index contributed by atoms with van der Waals surface area (Å²) < 4.78 is 33.9. The van der Waals surface area contributed by atoms with Gasteiger partial charge in [0.05, 0.1) is 47.3 Å². The van der Waals surface area contributed by atoms with E-state index in [0.717, 1.165) is 60.1 Å². The molecule has 0 N–H and O–H groups in total. The highest BCUT2D eigenvalue weighted by Crippen LogP contribution is 2.36. The van der Waals surface area contributed by atoms with E-state index in [1.165, 1.54) is 25.0 Å². The Morgan fingerprint density at radius 3 is 1.32 bits per heavy atom. The van der Waals surface area contributed by atoms with Crippen LogP contribution in [-0.2, 0) is 0 Å². The van der Waals surface area contributed by atoms with Crippen molar-refractivity contribution in [1.29, 1.82) is 0 Å². The van der Waals surface area contributed by atoms with Crippen molar-refractivity contribution in [2.75, 3.05) is 13.2 Å². The second-order valence-corrected chi connectivity index (χ2v) is 9.93. The number of benzene rings is 2. The maximum atomic E-state index is 11.6. The minimum absolute atomic E-state index is 0.395. The van der Waals surface area contributed by atoms with Crippen LogP contribution in [0, 0.1) is 0 Å². The highest BCUT2D eigenvalue weighted by Gasteiger charge is 2.14. The van der Waals surface area contributed by atoms with Gasteiger partial charge in [-0.3, -0.25) is 0 Å². The Morgan fingerprint density at radius 2 is 0.875 bits per heavy atom. The van der Waals surface area contributed by atoms with Gasteiger partial charge in [0.15, 0.2) is 0 Å². The van der Waals surface area contributed by atoms with Crippen LogP contribution in [0.1, 0.15) is 51.4 Å². The average molecular weight is 543 g/mol. The number of rotatable bonds is 13. The zero-order valence-corrected chi connectivity index (χ0v) is 22.1. The van der Waals surface area contributed by atoms with E-state index in [-0.39, 0.29) is 0 Å². The first kappa shape index (κ1) is 25.8. The molecule has 0 spiro atoms. The first-order valence-electron chi connectivity index (χ1n) is 13.8. The number of hydrogen-bond acceptors (Lipinski definition) is 8. The third-order valence-corrected chi connectivity index (χ3v) is 7.15. The van der Waals surface area contributed by atoms with Crippen LogP contribution in [0.15, 0.2) is 88.3 Å². The van der Waals surface area contributed by atoms with Crippen LogP contribution in [0.2, 0.25) is 0 Å². The Labute approximate surface area is 229 Å². The van der Waals surface area contributed by atoms with Gasteiger partial charge in [0.2, 0.25) is 0 Å². The highest BCUT2D eigenvalue weighted by molar-refractivity contribution is 6.02. The molecule has 0 saturated heterocycles. The van der Waals surface area contributed by atoms with Crippen molar-refractivity contribution in [1.82, 2.24) is 0 Å². The third kappa shape index (κ3) is 5.47. The number of unbranched alkanes of at least 4 members (excludes halogenated alkanes) is 7. The molecule has 8 heteroatoms. The van der Waals surface area contributed by atoms with Crippen molar-refractivity contribution in [3.05, 3.63) is 81.9 Å². The summed E-state index contributed by atoms with van der Waals surface area (Å²) in [7, 11) is 0. The maximum Gasteiger partial charge on any atom is 0.336 e. The fraction of sp³-hybridized carbons (Fsp3) is 0.312. The van der Waals surface area contributed by atoms with Crippen molar-refractivity contribution >= 4 is 43.9 Å². The van der Waals surface area contributed by atoms with Gasteiger partial charge in [0.25, 0.3) is 0 Å². The minimum Gasteiger partial charge on any atom is -0.492 e. The van der Waals surface area contributed by atoms with Crippen molar-refractivity contribution in [3.8, 4) is 11.5 Å². The smallest absolute Gasteiger partial charge is 0.336 e. The van der Waals surface area contributed by atoms with Crippen LogP contribution in [0.4, 0.5) is 0 Å². The normalized spacial score (nSPS) is 11.7. The SMILES string of the molecule is O=c1ccc2c(OCCCCCCCCCCOc3c4ccoc4cc4oc(=O)ccc34)c3ccoc3cc2o1. The van der Waals surface area contributed by atoms with Gasteiger partial charge in [-0.1, -0.05) is 38.5 Å². The van der Waals surface area contributed by atoms with Gasteiger partial charge in [0, 0.05) is 24.3 Å². The molecule has 6 rings (SSSR count). The molecule has 0 aliphatic carbocycles. The van der Waals surface area contributed by atoms with Crippen LogP contribution in [0.3, 0.4) is 0 Å². The summed E-state index contributed by atoms with van der Waals surface area (Å²) in [6, 6.07) is 13.5. The Morgan fingerprint density at radius 1 is 0.475 bits per heavy atom. The van der Waals surface area contributed by atoms with Gasteiger partial charge in [-0.05, 0) is 37.1 Å². The van der Waals surface area contributed by atoms with E-state index in [0.29, 0.717) is 47.0 Å². The molecular formula is C32H30O8. The summed E-state index contributed by atoms with van der Waals surface area (Å²) >= 11 is 0. The predicted octanol–water partition coefficient (Wildman–Crippen LogP) is 7.97. The molecular weight excluding hydrogens is 512 g/mol. The predicted molar refractivity (Wildman–Crippen MR) is 152 cm³/mol. The molecule has 0 saturated carbocycles. The van der Waals surface area contributed by atoms with Crippen LogP contribution in [0.25, 0.3) is 43.9 Å². The molecule has 0 aliphatic rings. The summed E-state index contributed by atoms with van der Waals surface area (Å²) in [6.45, 7) is 1.19. The second kappa shape index (κ2) is 11.7. The highest BCUT2D eigenvalue weighted by atomic mass is 16.5. The minimum atomic E-state index is -0.395. The van der Waals surface area contributed by atoms with Crippen molar-refractivity contribution in [2.45, 2.75) is 51.4 Å². The van der Waals surface area contributed by atoms with Crippen molar-refractivity contribution in [3.63, 3.8) is 0 Å². The zero-order valence-electron chi connectivity index (χ0n) is 22.1. The van der Waals surface area contributed by atoms with E-state index >= 15 is 0 Å². The van der Waals surface area contributed by atoms with E-state index in [2.05, 4.69) is 0 Å². The summed E-state index contributed by atoms with van der Waals surface area (Å²) in [5, 5.41) is 3.32. The molecule has 206 valence electrons. The number of ether oxygens (including phenoxy) is 2. The van der Waals surface area contributed by atoms with E-state index < -0.39 is 11.3 Å². The molecule has 4 aromatic heterocycles. The summed E-state index contributed by atoms with van der Waals surface area (Å²) in [6.07, 6.45) is 12.0. The molecule has 2 aromatic carbocycles. The Bertz CT molecular complexity index is 1730. The first-order valence-corrected chi connectivity index (χ1v) is 13.8. The van der Waals surface area contributed by atoms with Crippen LogP contribution in [-0.4, -0.2) is 13.2 Å². The maximum absolute atomic E-state index is 11.6. The second-order valence-electron chi connectivity index (χ2n) is 9.93. The summed E-state index contributed by atoms with van der Waals surface area (Å²) in [5.41, 5.74) is 1.43. The Balaban J connectivity index is 0.897. The summed E-state index contributed by atoms with van der Waals surface area (Å²) in [5.74, 6) is 1.41. The molecule has 0 atom stereocenters. The van der Waals surface area contributed by atoms with E-state index in [4.69, 9.17) is 27.1 Å². The van der Waals surface area contributed by atoms with Crippen molar-refractivity contribution in [2.24, 2.45) is 0 Å². The van der Waals surface area contributed by atoms with Gasteiger partial charge in [-0.15, -0.1) is 0 Å². The van der Waals surface area contributed by atoms with E-state index in [1.54, 1.807) is 36.8 Å². The van der Waals surface area contributed by atoms with Crippen LogP contribution < -0.4 is 20.7 Å². The van der Waals surface area contributed by atoms with Gasteiger partial charge in [-0.2, -0.15) is 0 Å². The van der Waals surface area contributed by atoms with Crippen molar-refractivity contribution < 1.29 is 27.1 Å². The molecule has 0 amide bonds. The quantitative estimate of drug-likeness (QED) is 0.107. The fourth-order valence-corrected chi connectivity index (χ4v) is 5.14. The lowest BCUT2D eigenvalue weighted by molar-refractivity contribution is 0.307. The molecule has 0 radical (unpaired) electrons.